The molecule has 0 aromatic carbocycles. The van der Waals surface area contributed by atoms with Gasteiger partial charge in [-0.3, -0.25) is 9.59 Å². The molecular weight excluding hydrogens is 231 g/mol. The summed E-state index contributed by atoms with van der Waals surface area (Å²) in [4.78, 5) is 20.4. The molecule has 0 aliphatic rings. The molecule has 4 nitrogen and oxygen atoms in total. The van der Waals surface area contributed by atoms with E-state index in [1.807, 2.05) is 0 Å². The van der Waals surface area contributed by atoms with Crippen LogP contribution >= 0.6 is 0 Å². The maximum Gasteiger partial charge on any atom is 0.303 e. The molecule has 0 fully saturated rings. The Morgan fingerprint density at radius 2 is 0.824 bits per heavy atom. The second kappa shape index (κ2) is 14.0. The molecule has 5 heteroatoms. The fraction of sp³-hybridized carbons (Fsp3) is 0.833. The van der Waals surface area contributed by atoms with Crippen LogP contribution in [0.15, 0.2) is 0 Å². The van der Waals surface area contributed by atoms with Crippen molar-refractivity contribution in [3.8, 4) is 0 Å². The van der Waals surface area contributed by atoms with Gasteiger partial charge in [0.1, 0.15) is 0 Å². The molecule has 0 aliphatic carbocycles. The number of carbonyl (C=O) groups is 2. The van der Waals surface area contributed by atoms with Gasteiger partial charge in [0.2, 0.25) is 0 Å². The molecule has 0 aromatic heterocycles. The molecule has 0 spiro atoms. The minimum atomic E-state index is -0.714. The maximum absolute atomic E-state index is 10.2. The van der Waals surface area contributed by atoms with Gasteiger partial charge in [0.25, 0.3) is 0 Å². The summed E-state index contributed by atoms with van der Waals surface area (Å²) in [5.74, 6) is -1.43. The fourth-order valence-corrected chi connectivity index (χ4v) is 1.61. The maximum atomic E-state index is 10.2. The van der Waals surface area contributed by atoms with Gasteiger partial charge in [0, 0.05) is 42.4 Å². The van der Waals surface area contributed by atoms with Gasteiger partial charge < -0.3 is 10.2 Å². The predicted molar refractivity (Wildman–Crippen MR) is 67.2 cm³/mol. The van der Waals surface area contributed by atoms with Gasteiger partial charge in [-0.25, -0.2) is 0 Å². The fourth-order valence-electron chi connectivity index (χ4n) is 1.61. The first-order valence-corrected chi connectivity index (χ1v) is 6.06. The minimum absolute atomic E-state index is 0. The van der Waals surface area contributed by atoms with E-state index in [2.05, 4.69) is 0 Å². The second-order valence-corrected chi connectivity index (χ2v) is 4.12. The molecule has 0 saturated carbocycles. The van der Waals surface area contributed by atoms with E-state index in [-0.39, 0.29) is 42.4 Å². The predicted octanol–water partition coefficient (Wildman–Crippen LogP) is 2.68. The molecule has 0 rings (SSSR count). The SMILES string of the molecule is O=C(O)CCCCCCCCCCC(=O)O.[Na]. The van der Waals surface area contributed by atoms with Crippen LogP contribution in [0.2, 0.25) is 0 Å². The Balaban J connectivity index is 0. The summed E-state index contributed by atoms with van der Waals surface area (Å²) in [6.07, 6.45) is 8.51. The van der Waals surface area contributed by atoms with Gasteiger partial charge in [0.15, 0.2) is 0 Å². The van der Waals surface area contributed by atoms with Crippen LogP contribution < -0.4 is 0 Å². The van der Waals surface area contributed by atoms with Gasteiger partial charge >= 0.3 is 11.9 Å². The molecule has 0 aromatic rings. The van der Waals surface area contributed by atoms with E-state index < -0.39 is 11.9 Å². The van der Waals surface area contributed by atoms with E-state index >= 15 is 0 Å². The van der Waals surface area contributed by atoms with Crippen molar-refractivity contribution in [2.24, 2.45) is 0 Å². The molecule has 1 radical (unpaired) electrons. The Morgan fingerprint density at radius 1 is 0.588 bits per heavy atom. The van der Waals surface area contributed by atoms with Crippen molar-refractivity contribution in [1.29, 1.82) is 0 Å². The first-order valence-electron chi connectivity index (χ1n) is 6.06. The van der Waals surface area contributed by atoms with Crippen molar-refractivity contribution < 1.29 is 19.8 Å². The monoisotopic (exact) mass is 253 g/mol. The first-order chi connectivity index (χ1) is 7.63. The second-order valence-electron chi connectivity index (χ2n) is 4.12. The Hall–Kier alpha value is -0.0600. The minimum Gasteiger partial charge on any atom is -0.481 e. The van der Waals surface area contributed by atoms with Gasteiger partial charge in [-0.1, -0.05) is 38.5 Å². The number of hydrogen-bond acceptors (Lipinski definition) is 2. The number of unbranched alkanes of at least 4 members (excludes halogenated alkanes) is 7. The third-order valence-corrected chi connectivity index (χ3v) is 2.53. The summed E-state index contributed by atoms with van der Waals surface area (Å²) < 4.78 is 0. The van der Waals surface area contributed by atoms with Crippen LogP contribution in [0.4, 0.5) is 0 Å². The van der Waals surface area contributed by atoms with E-state index in [4.69, 9.17) is 10.2 Å². The summed E-state index contributed by atoms with van der Waals surface area (Å²) in [5.41, 5.74) is 0. The van der Waals surface area contributed by atoms with Crippen molar-refractivity contribution >= 4 is 41.5 Å². The van der Waals surface area contributed by atoms with E-state index in [0.29, 0.717) is 0 Å². The number of hydrogen-bond donors (Lipinski definition) is 2. The Bertz CT molecular complexity index is 185. The van der Waals surface area contributed by atoms with Gasteiger partial charge in [-0.05, 0) is 12.8 Å². The largest absolute Gasteiger partial charge is 0.481 e. The number of aliphatic carboxylic acids is 2. The molecule has 0 aliphatic heterocycles. The Kier molecular flexibility index (Phi) is 15.9. The zero-order valence-electron chi connectivity index (χ0n) is 10.8. The molecular formula is C12H22NaO4. The van der Waals surface area contributed by atoms with E-state index in [1.54, 1.807) is 0 Å². The van der Waals surface area contributed by atoms with Gasteiger partial charge in [0.05, 0.1) is 0 Å². The normalized spacial score (nSPS) is 9.65. The standard InChI is InChI=1S/C12H22O4.Na/c13-11(14)9-7-5-3-1-2-4-6-8-10-12(15)16;/h1-10H2,(H,13,14)(H,15,16);. The summed E-state index contributed by atoms with van der Waals surface area (Å²) in [6.45, 7) is 0. The third kappa shape index (κ3) is 18.5. The number of rotatable bonds is 11. The zero-order chi connectivity index (χ0) is 12.2. The molecule has 0 heterocycles. The van der Waals surface area contributed by atoms with Crippen molar-refractivity contribution in [3.05, 3.63) is 0 Å². The van der Waals surface area contributed by atoms with Crippen molar-refractivity contribution in [2.45, 2.75) is 64.2 Å². The molecule has 0 bridgehead atoms. The van der Waals surface area contributed by atoms with Crippen LogP contribution in [0, 0.1) is 0 Å². The summed E-state index contributed by atoms with van der Waals surface area (Å²) in [7, 11) is 0. The van der Waals surface area contributed by atoms with Crippen molar-refractivity contribution in [2.75, 3.05) is 0 Å². The van der Waals surface area contributed by atoms with Crippen LogP contribution in [-0.4, -0.2) is 51.7 Å². The van der Waals surface area contributed by atoms with Crippen LogP contribution in [0.25, 0.3) is 0 Å². The molecule has 0 saturated heterocycles. The topological polar surface area (TPSA) is 74.6 Å². The van der Waals surface area contributed by atoms with E-state index in [9.17, 15) is 9.59 Å². The smallest absolute Gasteiger partial charge is 0.303 e. The molecule has 0 atom stereocenters. The zero-order valence-corrected chi connectivity index (χ0v) is 12.8. The number of carboxylic acids is 2. The van der Waals surface area contributed by atoms with Gasteiger partial charge in [-0.2, -0.15) is 0 Å². The van der Waals surface area contributed by atoms with Gasteiger partial charge in [-0.15, -0.1) is 0 Å². The third-order valence-electron chi connectivity index (χ3n) is 2.53. The summed E-state index contributed by atoms with van der Waals surface area (Å²) >= 11 is 0. The first kappa shape index (κ1) is 19.3. The van der Waals surface area contributed by atoms with Crippen LogP contribution in [0.3, 0.4) is 0 Å². The van der Waals surface area contributed by atoms with Crippen LogP contribution in [0.5, 0.6) is 0 Å². The number of carboxylic acid groups (broad SMARTS) is 2. The van der Waals surface area contributed by atoms with Crippen molar-refractivity contribution in [1.82, 2.24) is 0 Å². The average Bonchev–Trinajstić information content (AvgIpc) is 2.20. The van der Waals surface area contributed by atoms with E-state index in [0.717, 1.165) is 51.4 Å². The molecule has 17 heavy (non-hydrogen) atoms. The van der Waals surface area contributed by atoms with E-state index in [1.165, 1.54) is 0 Å². The van der Waals surface area contributed by atoms with Crippen LogP contribution in [0.1, 0.15) is 64.2 Å². The Labute approximate surface area is 125 Å². The Morgan fingerprint density at radius 3 is 1.06 bits per heavy atom. The summed E-state index contributed by atoms with van der Waals surface area (Å²) in [5, 5.41) is 16.8. The van der Waals surface area contributed by atoms with Crippen LogP contribution in [-0.2, 0) is 9.59 Å². The molecule has 2 N–H and O–H groups in total. The molecule has 95 valence electrons. The summed E-state index contributed by atoms with van der Waals surface area (Å²) in [6, 6.07) is 0. The molecule has 0 amide bonds. The van der Waals surface area contributed by atoms with Crippen molar-refractivity contribution in [3.63, 3.8) is 0 Å². The average molecular weight is 253 g/mol. The quantitative estimate of drug-likeness (QED) is 0.438. The molecule has 0 unspecified atom stereocenters.